The largest absolute Gasteiger partial charge is 0.495 e. The zero-order chi connectivity index (χ0) is 18.9. The summed E-state index contributed by atoms with van der Waals surface area (Å²) in [4.78, 5) is 23.5. The van der Waals surface area contributed by atoms with Crippen LogP contribution >= 0.6 is 0 Å². The summed E-state index contributed by atoms with van der Waals surface area (Å²) in [7, 11) is 1.53. The third-order valence-corrected chi connectivity index (χ3v) is 4.04. The van der Waals surface area contributed by atoms with E-state index in [1.165, 1.54) is 19.6 Å². The van der Waals surface area contributed by atoms with E-state index in [-0.39, 0.29) is 17.9 Å². The lowest BCUT2D eigenvalue weighted by Crippen LogP contribution is -2.32. The van der Waals surface area contributed by atoms with Crippen LogP contribution in [0.15, 0.2) is 48.5 Å². The summed E-state index contributed by atoms with van der Waals surface area (Å²) >= 11 is 0. The lowest BCUT2D eigenvalue weighted by molar-refractivity contribution is -0.114. The van der Waals surface area contributed by atoms with Crippen molar-refractivity contribution in [1.29, 1.82) is 0 Å². The van der Waals surface area contributed by atoms with Gasteiger partial charge in [0.1, 0.15) is 5.75 Å². The maximum atomic E-state index is 12.3. The molecule has 0 spiro atoms. The van der Waals surface area contributed by atoms with E-state index in [4.69, 9.17) is 4.74 Å². The zero-order valence-corrected chi connectivity index (χ0v) is 15.3. The summed E-state index contributed by atoms with van der Waals surface area (Å²) < 4.78 is 5.27. The lowest BCUT2D eigenvalue weighted by Gasteiger charge is -2.17. The zero-order valence-electron chi connectivity index (χ0n) is 15.3. The van der Waals surface area contributed by atoms with Gasteiger partial charge in [-0.3, -0.25) is 4.79 Å². The standard InChI is InChI=1S/C20H25N3O3/c1-4-15(16-8-6-5-7-9-16)13-21-20(25)23-18-12-17(22-14(2)24)10-11-19(18)26-3/h5-12,15H,4,13H2,1-3H3,(H,22,24)(H2,21,23,25). The molecular weight excluding hydrogens is 330 g/mol. The Hall–Kier alpha value is -3.02. The second-order valence-corrected chi connectivity index (χ2v) is 5.95. The normalized spacial score (nSPS) is 11.3. The van der Waals surface area contributed by atoms with Crippen LogP contribution in [0.4, 0.5) is 16.2 Å². The van der Waals surface area contributed by atoms with Gasteiger partial charge in [0.05, 0.1) is 12.8 Å². The van der Waals surface area contributed by atoms with Crippen molar-refractivity contribution in [2.24, 2.45) is 0 Å². The minimum absolute atomic E-state index is 0.181. The van der Waals surface area contributed by atoms with E-state index < -0.39 is 0 Å². The van der Waals surface area contributed by atoms with Gasteiger partial charge in [-0.15, -0.1) is 0 Å². The number of benzene rings is 2. The highest BCUT2D eigenvalue weighted by Crippen LogP contribution is 2.28. The molecule has 0 aliphatic heterocycles. The van der Waals surface area contributed by atoms with E-state index in [2.05, 4.69) is 35.0 Å². The van der Waals surface area contributed by atoms with Crippen molar-refractivity contribution in [3.63, 3.8) is 0 Å². The number of ether oxygens (including phenoxy) is 1. The molecule has 0 aliphatic carbocycles. The summed E-state index contributed by atoms with van der Waals surface area (Å²) in [5.41, 5.74) is 2.27. The Morgan fingerprint density at radius 1 is 1.08 bits per heavy atom. The molecule has 1 atom stereocenters. The summed E-state index contributed by atoms with van der Waals surface area (Å²) in [6.07, 6.45) is 0.922. The van der Waals surface area contributed by atoms with Gasteiger partial charge >= 0.3 is 6.03 Å². The number of urea groups is 1. The molecular formula is C20H25N3O3. The number of methoxy groups -OCH3 is 1. The van der Waals surface area contributed by atoms with E-state index in [1.54, 1.807) is 18.2 Å². The number of amides is 3. The van der Waals surface area contributed by atoms with Crippen LogP contribution in [0.1, 0.15) is 31.7 Å². The number of anilines is 2. The molecule has 0 aromatic heterocycles. The van der Waals surface area contributed by atoms with Crippen LogP contribution in [-0.4, -0.2) is 25.6 Å². The molecule has 2 rings (SSSR count). The first-order valence-electron chi connectivity index (χ1n) is 8.59. The number of hydrogen-bond acceptors (Lipinski definition) is 3. The molecule has 0 aliphatic rings. The molecule has 0 bridgehead atoms. The van der Waals surface area contributed by atoms with Crippen molar-refractivity contribution < 1.29 is 14.3 Å². The summed E-state index contributed by atoms with van der Waals surface area (Å²) in [6, 6.07) is 14.8. The van der Waals surface area contributed by atoms with Crippen LogP contribution < -0.4 is 20.7 Å². The number of carbonyl (C=O) groups excluding carboxylic acids is 2. The highest BCUT2D eigenvalue weighted by atomic mass is 16.5. The van der Waals surface area contributed by atoms with Crippen LogP contribution in [0.25, 0.3) is 0 Å². The third-order valence-electron chi connectivity index (χ3n) is 4.04. The molecule has 1 unspecified atom stereocenters. The average molecular weight is 355 g/mol. The van der Waals surface area contributed by atoms with Crippen molar-refractivity contribution >= 4 is 23.3 Å². The Labute approximate surface area is 153 Å². The molecule has 3 N–H and O–H groups in total. The van der Waals surface area contributed by atoms with Gasteiger partial charge in [0.2, 0.25) is 5.91 Å². The molecule has 0 radical (unpaired) electrons. The smallest absolute Gasteiger partial charge is 0.319 e. The van der Waals surface area contributed by atoms with E-state index >= 15 is 0 Å². The van der Waals surface area contributed by atoms with Crippen LogP contribution in [0, 0.1) is 0 Å². The van der Waals surface area contributed by atoms with Gasteiger partial charge in [0, 0.05) is 25.1 Å². The van der Waals surface area contributed by atoms with E-state index in [1.807, 2.05) is 18.2 Å². The molecule has 138 valence electrons. The minimum atomic E-state index is -0.322. The highest BCUT2D eigenvalue weighted by Gasteiger charge is 2.13. The number of carbonyl (C=O) groups is 2. The molecule has 6 heteroatoms. The van der Waals surface area contributed by atoms with Gasteiger partial charge in [-0.2, -0.15) is 0 Å². The Morgan fingerprint density at radius 2 is 1.81 bits per heavy atom. The summed E-state index contributed by atoms with van der Waals surface area (Å²) in [5, 5.41) is 8.36. The fourth-order valence-corrected chi connectivity index (χ4v) is 2.69. The van der Waals surface area contributed by atoms with Crippen molar-refractivity contribution in [2.45, 2.75) is 26.2 Å². The van der Waals surface area contributed by atoms with Gasteiger partial charge in [-0.05, 0) is 30.2 Å². The molecule has 0 heterocycles. The molecule has 0 saturated heterocycles. The second-order valence-electron chi connectivity index (χ2n) is 5.95. The predicted molar refractivity (Wildman–Crippen MR) is 104 cm³/mol. The van der Waals surface area contributed by atoms with Gasteiger partial charge in [-0.25, -0.2) is 4.79 Å². The monoisotopic (exact) mass is 355 g/mol. The molecule has 6 nitrogen and oxygen atoms in total. The number of hydrogen-bond donors (Lipinski definition) is 3. The van der Waals surface area contributed by atoms with Crippen LogP contribution in [0.3, 0.4) is 0 Å². The number of nitrogens with one attached hydrogen (secondary N) is 3. The van der Waals surface area contributed by atoms with Crippen molar-refractivity contribution in [3.05, 3.63) is 54.1 Å². The fraction of sp³-hybridized carbons (Fsp3) is 0.300. The minimum Gasteiger partial charge on any atom is -0.495 e. The second kappa shape index (κ2) is 9.46. The maximum Gasteiger partial charge on any atom is 0.319 e. The predicted octanol–water partition coefficient (Wildman–Crippen LogP) is 3.97. The van der Waals surface area contributed by atoms with E-state index in [0.717, 1.165) is 6.42 Å². The first-order valence-corrected chi connectivity index (χ1v) is 8.59. The molecule has 2 aromatic carbocycles. The SMILES string of the molecule is CCC(CNC(=O)Nc1cc(NC(C)=O)ccc1OC)c1ccccc1. The molecule has 0 fully saturated rings. The van der Waals surface area contributed by atoms with Crippen molar-refractivity contribution in [2.75, 3.05) is 24.3 Å². The Kier molecular flexibility index (Phi) is 7.02. The Balaban J connectivity index is 2.01. The first kappa shape index (κ1) is 19.3. The van der Waals surface area contributed by atoms with Crippen LogP contribution in [-0.2, 0) is 4.79 Å². The first-order chi connectivity index (χ1) is 12.5. The molecule has 26 heavy (non-hydrogen) atoms. The summed E-state index contributed by atoms with van der Waals surface area (Å²) in [6.45, 7) is 4.05. The molecule has 2 aromatic rings. The molecule has 3 amide bonds. The summed E-state index contributed by atoms with van der Waals surface area (Å²) in [5.74, 6) is 0.582. The Bertz CT molecular complexity index is 747. The molecule has 0 saturated carbocycles. The van der Waals surface area contributed by atoms with Gasteiger partial charge < -0.3 is 20.7 Å². The van der Waals surface area contributed by atoms with Crippen LogP contribution in [0.5, 0.6) is 5.75 Å². The number of rotatable bonds is 7. The maximum absolute atomic E-state index is 12.3. The van der Waals surface area contributed by atoms with Crippen molar-refractivity contribution in [1.82, 2.24) is 5.32 Å². The van der Waals surface area contributed by atoms with Gasteiger partial charge in [0.25, 0.3) is 0 Å². The Morgan fingerprint density at radius 3 is 2.42 bits per heavy atom. The lowest BCUT2D eigenvalue weighted by atomic mass is 9.97. The van der Waals surface area contributed by atoms with Gasteiger partial charge in [-0.1, -0.05) is 37.3 Å². The topological polar surface area (TPSA) is 79.5 Å². The quantitative estimate of drug-likeness (QED) is 0.703. The van der Waals surface area contributed by atoms with Gasteiger partial charge in [0.15, 0.2) is 0 Å². The third kappa shape index (κ3) is 5.51. The van der Waals surface area contributed by atoms with E-state index in [9.17, 15) is 9.59 Å². The van der Waals surface area contributed by atoms with Crippen LogP contribution in [0.2, 0.25) is 0 Å². The average Bonchev–Trinajstić information content (AvgIpc) is 2.63. The fourth-order valence-electron chi connectivity index (χ4n) is 2.69. The highest BCUT2D eigenvalue weighted by molar-refractivity contribution is 5.94. The van der Waals surface area contributed by atoms with Crippen molar-refractivity contribution in [3.8, 4) is 5.75 Å². The van der Waals surface area contributed by atoms with E-state index in [0.29, 0.717) is 23.7 Å².